The van der Waals surface area contributed by atoms with Crippen LogP contribution >= 0.6 is 11.3 Å². The Morgan fingerprint density at radius 2 is 2.00 bits per heavy atom. The molecule has 1 amide bonds. The highest BCUT2D eigenvalue weighted by Crippen LogP contribution is 2.37. The van der Waals surface area contributed by atoms with Gasteiger partial charge in [0.15, 0.2) is 6.61 Å². The van der Waals surface area contributed by atoms with Crippen LogP contribution in [0.2, 0.25) is 0 Å². The van der Waals surface area contributed by atoms with Gasteiger partial charge in [-0.15, -0.1) is 0 Å². The first kappa shape index (κ1) is 20.4. The molecule has 0 spiro atoms. The van der Waals surface area contributed by atoms with Crippen LogP contribution in [-0.4, -0.2) is 23.4 Å². The Morgan fingerprint density at radius 3 is 2.59 bits per heavy atom. The molecule has 0 aliphatic rings. The van der Waals surface area contributed by atoms with Crippen molar-refractivity contribution in [3.05, 3.63) is 56.3 Å². The Balaban J connectivity index is 1.94. The molecule has 0 atom stereocenters. The van der Waals surface area contributed by atoms with E-state index in [1.807, 2.05) is 22.1 Å². The largest absolute Gasteiger partial charge is 0.456 e. The summed E-state index contributed by atoms with van der Waals surface area (Å²) in [7, 11) is 0. The summed E-state index contributed by atoms with van der Waals surface area (Å²) in [5, 5.41) is 16.3. The van der Waals surface area contributed by atoms with Gasteiger partial charge in [0, 0.05) is 18.6 Å². The van der Waals surface area contributed by atoms with E-state index in [1.54, 1.807) is 0 Å². The third kappa shape index (κ3) is 6.06. The van der Waals surface area contributed by atoms with Gasteiger partial charge in [0.2, 0.25) is 0 Å². The number of esters is 1. The summed E-state index contributed by atoms with van der Waals surface area (Å²) in [6.07, 6.45) is -4.47. The summed E-state index contributed by atoms with van der Waals surface area (Å²) in [6, 6.07) is 3.76. The molecule has 0 saturated heterocycles. The van der Waals surface area contributed by atoms with Gasteiger partial charge in [-0.1, -0.05) is 0 Å². The molecule has 27 heavy (non-hydrogen) atoms. The normalized spacial score (nSPS) is 11.1. The van der Waals surface area contributed by atoms with Crippen LogP contribution in [0.25, 0.3) is 0 Å². The molecule has 1 heterocycles. The fourth-order valence-electron chi connectivity index (χ4n) is 2.08. The number of alkyl halides is 3. The highest BCUT2D eigenvalue weighted by atomic mass is 32.1. The fourth-order valence-corrected chi connectivity index (χ4v) is 2.78. The van der Waals surface area contributed by atoms with Crippen molar-refractivity contribution in [1.82, 2.24) is 0 Å². The molecule has 0 radical (unpaired) electrons. The van der Waals surface area contributed by atoms with Crippen LogP contribution in [0.1, 0.15) is 17.5 Å². The first-order valence-corrected chi connectivity index (χ1v) is 8.43. The number of carbonyl (C=O) groups is 2. The fraction of sp³-hybridized carbons (Fsp3) is 0.250. The zero-order chi connectivity index (χ0) is 20.0. The topological polar surface area (TPSA) is 98.5 Å². The highest BCUT2D eigenvalue weighted by Gasteiger charge is 2.35. The van der Waals surface area contributed by atoms with Crippen molar-refractivity contribution in [3.8, 4) is 0 Å². The zero-order valence-corrected chi connectivity index (χ0v) is 14.4. The molecule has 2 aromatic rings. The Labute approximate surface area is 154 Å². The van der Waals surface area contributed by atoms with E-state index in [0.29, 0.717) is 12.5 Å². The van der Waals surface area contributed by atoms with E-state index >= 15 is 0 Å². The number of rotatable bonds is 7. The molecule has 0 aliphatic heterocycles. The van der Waals surface area contributed by atoms with E-state index in [4.69, 9.17) is 4.74 Å². The number of nitrogens with one attached hydrogen (secondary N) is 1. The minimum atomic E-state index is -4.91. The molecule has 11 heteroatoms. The number of carbonyl (C=O) groups excluding carboxylic acids is 2. The van der Waals surface area contributed by atoms with Crippen molar-refractivity contribution in [2.45, 2.75) is 19.0 Å². The monoisotopic (exact) mass is 402 g/mol. The van der Waals surface area contributed by atoms with Crippen LogP contribution in [0.15, 0.2) is 35.0 Å². The molecule has 0 bridgehead atoms. The number of ether oxygens (including phenoxy) is 1. The highest BCUT2D eigenvalue weighted by molar-refractivity contribution is 7.07. The molecule has 1 N–H and O–H groups in total. The average molecular weight is 402 g/mol. The Bertz CT molecular complexity index is 837. The number of benzene rings is 1. The standard InChI is InChI=1S/C16H13F3N2O5S/c17-16(18,19)12-7-11(21(24)25)2-3-13(12)20-14(22)8-26-15(23)4-1-10-5-6-27-9-10/h2-3,5-7,9H,1,4,8H2,(H,20,22). The quantitative estimate of drug-likeness (QED) is 0.432. The van der Waals surface area contributed by atoms with Gasteiger partial charge in [-0.05, 0) is 34.9 Å². The van der Waals surface area contributed by atoms with Crippen LogP contribution in [-0.2, 0) is 26.9 Å². The Hall–Kier alpha value is -2.95. The number of nitro benzene ring substituents is 1. The van der Waals surface area contributed by atoms with E-state index < -0.39 is 46.5 Å². The lowest BCUT2D eigenvalue weighted by atomic mass is 10.1. The maximum absolute atomic E-state index is 13.0. The molecule has 144 valence electrons. The third-order valence-corrected chi connectivity index (χ3v) is 4.09. The van der Waals surface area contributed by atoms with Crippen molar-refractivity contribution >= 4 is 34.6 Å². The Morgan fingerprint density at radius 1 is 1.26 bits per heavy atom. The number of amides is 1. The first-order valence-electron chi connectivity index (χ1n) is 7.49. The molecule has 0 unspecified atom stereocenters. The maximum atomic E-state index is 13.0. The van der Waals surface area contributed by atoms with E-state index in [2.05, 4.69) is 0 Å². The summed E-state index contributed by atoms with van der Waals surface area (Å²) >= 11 is 1.47. The number of thiophene rings is 1. The lowest BCUT2D eigenvalue weighted by Crippen LogP contribution is -2.23. The number of nitrogens with zero attached hydrogens (tertiary/aromatic N) is 1. The average Bonchev–Trinajstić information content (AvgIpc) is 3.11. The molecular weight excluding hydrogens is 389 g/mol. The minimum Gasteiger partial charge on any atom is -0.456 e. The molecule has 1 aromatic heterocycles. The SMILES string of the molecule is O=C(COC(=O)CCc1ccsc1)Nc1ccc([N+](=O)[O-])cc1C(F)(F)F. The lowest BCUT2D eigenvalue weighted by molar-refractivity contribution is -0.385. The Kier molecular flexibility index (Phi) is 6.50. The summed E-state index contributed by atoms with van der Waals surface area (Å²) in [5.74, 6) is -1.66. The van der Waals surface area contributed by atoms with Crippen molar-refractivity contribution in [2.75, 3.05) is 11.9 Å². The molecular formula is C16H13F3N2O5S. The predicted molar refractivity (Wildman–Crippen MR) is 90.3 cm³/mol. The van der Waals surface area contributed by atoms with Crippen molar-refractivity contribution in [3.63, 3.8) is 0 Å². The number of non-ortho nitro benzene ring substituents is 1. The molecule has 1 aromatic carbocycles. The van der Waals surface area contributed by atoms with E-state index in [1.165, 1.54) is 11.3 Å². The van der Waals surface area contributed by atoms with Gasteiger partial charge < -0.3 is 10.1 Å². The van der Waals surface area contributed by atoms with E-state index in [0.717, 1.165) is 17.7 Å². The van der Waals surface area contributed by atoms with Gasteiger partial charge in [0.05, 0.1) is 16.2 Å². The number of aryl methyl sites for hydroxylation is 1. The van der Waals surface area contributed by atoms with Gasteiger partial charge in [-0.25, -0.2) is 0 Å². The smallest absolute Gasteiger partial charge is 0.418 e. The number of hydrogen-bond donors (Lipinski definition) is 1. The van der Waals surface area contributed by atoms with Gasteiger partial charge in [0.1, 0.15) is 0 Å². The van der Waals surface area contributed by atoms with Crippen LogP contribution < -0.4 is 5.32 Å². The van der Waals surface area contributed by atoms with E-state index in [9.17, 15) is 32.9 Å². The van der Waals surface area contributed by atoms with Gasteiger partial charge in [0.25, 0.3) is 11.6 Å². The number of halogens is 3. The number of anilines is 1. The minimum absolute atomic E-state index is 0.0232. The molecule has 2 rings (SSSR count). The summed E-state index contributed by atoms with van der Waals surface area (Å²) in [4.78, 5) is 33.0. The second-order valence-electron chi connectivity index (χ2n) is 5.33. The first-order chi connectivity index (χ1) is 12.7. The van der Waals surface area contributed by atoms with Gasteiger partial charge in [-0.2, -0.15) is 24.5 Å². The van der Waals surface area contributed by atoms with E-state index in [-0.39, 0.29) is 6.42 Å². The summed E-state index contributed by atoms with van der Waals surface area (Å²) in [6.45, 7) is -0.767. The van der Waals surface area contributed by atoms with Crippen LogP contribution in [0, 0.1) is 10.1 Å². The van der Waals surface area contributed by atoms with Gasteiger partial charge >= 0.3 is 12.1 Å². The van der Waals surface area contributed by atoms with Crippen LogP contribution in [0.5, 0.6) is 0 Å². The van der Waals surface area contributed by atoms with Crippen LogP contribution in [0.3, 0.4) is 0 Å². The second-order valence-corrected chi connectivity index (χ2v) is 6.11. The maximum Gasteiger partial charge on any atom is 0.418 e. The van der Waals surface area contributed by atoms with Crippen molar-refractivity contribution < 1.29 is 32.4 Å². The predicted octanol–water partition coefficient (Wildman–Crippen LogP) is 3.79. The number of hydrogen-bond acceptors (Lipinski definition) is 6. The van der Waals surface area contributed by atoms with Crippen molar-refractivity contribution in [2.24, 2.45) is 0 Å². The molecule has 0 saturated carbocycles. The number of nitro groups is 1. The summed E-state index contributed by atoms with van der Waals surface area (Å²) < 4.78 is 43.8. The van der Waals surface area contributed by atoms with Crippen LogP contribution in [0.4, 0.5) is 24.5 Å². The lowest BCUT2D eigenvalue weighted by Gasteiger charge is -2.13. The summed E-state index contributed by atoms with van der Waals surface area (Å²) in [5.41, 5.74) is -1.86. The second kappa shape index (κ2) is 8.62. The van der Waals surface area contributed by atoms with Gasteiger partial charge in [-0.3, -0.25) is 19.7 Å². The molecule has 0 fully saturated rings. The molecule has 0 aliphatic carbocycles. The zero-order valence-electron chi connectivity index (χ0n) is 13.6. The van der Waals surface area contributed by atoms with Crippen molar-refractivity contribution in [1.29, 1.82) is 0 Å². The molecule has 7 nitrogen and oxygen atoms in total. The third-order valence-electron chi connectivity index (χ3n) is 3.36.